The van der Waals surface area contributed by atoms with Gasteiger partial charge in [-0.1, -0.05) is 47.5 Å². The molecule has 1 unspecified atom stereocenters. The standard InChI is InChI=1S/C16H17OPS/c1-12-11-18(17,14-7-4-3-5-8-14)16(13(12)2)15-9-6-10-19-15/h3-10,16H,11H2,1-2H3/t16-,18?/m0/s1. The van der Waals surface area contributed by atoms with Crippen LogP contribution in [0.25, 0.3) is 0 Å². The lowest BCUT2D eigenvalue weighted by molar-refractivity contribution is 0.580. The molecular weight excluding hydrogens is 271 g/mol. The minimum atomic E-state index is -2.40. The van der Waals surface area contributed by atoms with Crippen LogP contribution >= 0.6 is 18.5 Å². The number of allylic oxidation sites excluding steroid dienone is 2. The zero-order valence-electron chi connectivity index (χ0n) is 11.2. The topological polar surface area (TPSA) is 17.1 Å². The van der Waals surface area contributed by atoms with E-state index >= 15 is 0 Å². The minimum absolute atomic E-state index is 0.0925. The highest BCUT2D eigenvalue weighted by atomic mass is 32.1. The Balaban J connectivity index is 2.15. The predicted molar refractivity (Wildman–Crippen MR) is 84.0 cm³/mol. The van der Waals surface area contributed by atoms with Crippen LogP contribution in [0.15, 0.2) is 59.0 Å². The van der Waals surface area contributed by atoms with E-state index in [9.17, 15) is 4.57 Å². The summed E-state index contributed by atoms with van der Waals surface area (Å²) in [6.45, 7) is 4.26. The Labute approximate surface area is 118 Å². The summed E-state index contributed by atoms with van der Waals surface area (Å²) in [5.74, 6) is 0. The number of hydrogen-bond donors (Lipinski definition) is 0. The third kappa shape index (κ3) is 2.04. The van der Waals surface area contributed by atoms with Gasteiger partial charge >= 0.3 is 0 Å². The molecule has 2 aromatic rings. The van der Waals surface area contributed by atoms with Gasteiger partial charge in [-0.25, -0.2) is 0 Å². The highest BCUT2D eigenvalue weighted by molar-refractivity contribution is 7.72. The van der Waals surface area contributed by atoms with Crippen molar-refractivity contribution in [2.24, 2.45) is 0 Å². The number of hydrogen-bond acceptors (Lipinski definition) is 2. The lowest BCUT2D eigenvalue weighted by Gasteiger charge is -2.22. The number of thiophene rings is 1. The van der Waals surface area contributed by atoms with Crippen LogP contribution in [-0.2, 0) is 4.57 Å². The smallest absolute Gasteiger partial charge is 0.131 e. The van der Waals surface area contributed by atoms with Gasteiger partial charge in [-0.2, -0.15) is 0 Å². The molecule has 2 atom stereocenters. The monoisotopic (exact) mass is 288 g/mol. The van der Waals surface area contributed by atoms with E-state index in [1.807, 2.05) is 30.3 Å². The van der Waals surface area contributed by atoms with Crippen molar-refractivity contribution in [2.75, 3.05) is 6.16 Å². The molecule has 1 aliphatic heterocycles. The molecule has 0 bridgehead atoms. The van der Waals surface area contributed by atoms with E-state index < -0.39 is 7.14 Å². The summed E-state index contributed by atoms with van der Waals surface area (Å²) in [7, 11) is -2.40. The fourth-order valence-corrected chi connectivity index (χ4v) is 8.01. The van der Waals surface area contributed by atoms with Crippen LogP contribution in [0.2, 0.25) is 0 Å². The number of rotatable bonds is 2. The minimum Gasteiger partial charge on any atom is -0.317 e. The Hall–Kier alpha value is -1.11. The van der Waals surface area contributed by atoms with Gasteiger partial charge in [0.25, 0.3) is 0 Å². The van der Waals surface area contributed by atoms with Crippen LogP contribution in [0.3, 0.4) is 0 Å². The van der Waals surface area contributed by atoms with E-state index in [0.29, 0.717) is 0 Å². The molecule has 2 heterocycles. The maximum absolute atomic E-state index is 13.6. The van der Waals surface area contributed by atoms with E-state index in [0.717, 1.165) is 11.5 Å². The molecule has 0 saturated heterocycles. The average molecular weight is 288 g/mol. The highest BCUT2D eigenvalue weighted by Gasteiger charge is 2.43. The summed E-state index contributed by atoms with van der Waals surface area (Å²) >= 11 is 1.72. The predicted octanol–water partition coefficient (Wildman–Crippen LogP) is 4.83. The van der Waals surface area contributed by atoms with Crippen LogP contribution in [0.4, 0.5) is 0 Å². The van der Waals surface area contributed by atoms with Gasteiger partial charge in [0.15, 0.2) is 0 Å². The van der Waals surface area contributed by atoms with E-state index in [1.54, 1.807) is 11.3 Å². The SMILES string of the molecule is CC1=C(C)[C@@H](c2cccs2)P(=O)(c2ccccc2)C1. The first kappa shape index (κ1) is 12.9. The first-order valence-electron chi connectivity index (χ1n) is 6.47. The van der Waals surface area contributed by atoms with E-state index in [4.69, 9.17) is 0 Å². The average Bonchev–Trinajstić information content (AvgIpc) is 3.00. The molecule has 0 N–H and O–H groups in total. The lowest BCUT2D eigenvalue weighted by atomic mass is 10.1. The van der Waals surface area contributed by atoms with E-state index in [1.165, 1.54) is 16.0 Å². The Kier molecular flexibility index (Phi) is 3.24. The second-order valence-electron chi connectivity index (χ2n) is 5.17. The fourth-order valence-electron chi connectivity index (χ4n) is 2.90. The quantitative estimate of drug-likeness (QED) is 0.571. The van der Waals surface area contributed by atoms with Crippen molar-refractivity contribution in [1.29, 1.82) is 0 Å². The zero-order chi connectivity index (χ0) is 13.5. The molecule has 19 heavy (non-hydrogen) atoms. The van der Waals surface area contributed by atoms with Crippen LogP contribution in [-0.4, -0.2) is 6.16 Å². The second-order valence-corrected chi connectivity index (χ2v) is 9.09. The molecular formula is C16H17OPS. The molecule has 1 aromatic heterocycles. The van der Waals surface area contributed by atoms with Crippen molar-refractivity contribution >= 4 is 23.8 Å². The summed E-state index contributed by atoms with van der Waals surface area (Å²) in [6.07, 6.45) is 0.728. The molecule has 0 aliphatic carbocycles. The van der Waals surface area contributed by atoms with Crippen molar-refractivity contribution in [3.8, 4) is 0 Å². The number of benzene rings is 1. The third-order valence-corrected chi connectivity index (χ3v) is 8.71. The van der Waals surface area contributed by atoms with Gasteiger partial charge in [0.2, 0.25) is 0 Å². The highest BCUT2D eigenvalue weighted by Crippen LogP contribution is 2.67. The summed E-state index contributed by atoms with van der Waals surface area (Å²) < 4.78 is 13.6. The molecule has 3 rings (SSSR count). The summed E-state index contributed by atoms with van der Waals surface area (Å²) in [6, 6.07) is 14.2. The maximum Gasteiger partial charge on any atom is 0.131 e. The molecule has 0 fully saturated rings. The molecule has 0 spiro atoms. The van der Waals surface area contributed by atoms with E-state index in [2.05, 4.69) is 31.4 Å². The molecule has 0 saturated carbocycles. The van der Waals surface area contributed by atoms with Crippen molar-refractivity contribution in [3.05, 3.63) is 63.9 Å². The first-order valence-corrected chi connectivity index (χ1v) is 9.31. The van der Waals surface area contributed by atoms with Crippen molar-refractivity contribution in [3.63, 3.8) is 0 Å². The second kappa shape index (κ2) is 4.77. The van der Waals surface area contributed by atoms with Gasteiger partial charge in [0, 0.05) is 16.3 Å². The Morgan fingerprint density at radius 3 is 2.47 bits per heavy atom. The summed E-state index contributed by atoms with van der Waals surface area (Å²) in [4.78, 5) is 1.24. The van der Waals surface area contributed by atoms with Crippen molar-refractivity contribution in [1.82, 2.24) is 0 Å². The Bertz CT molecular complexity index is 655. The van der Waals surface area contributed by atoms with E-state index in [-0.39, 0.29) is 5.66 Å². The van der Waals surface area contributed by atoms with Crippen LogP contribution < -0.4 is 5.30 Å². The van der Waals surface area contributed by atoms with Gasteiger partial charge in [0.1, 0.15) is 7.14 Å². The van der Waals surface area contributed by atoms with Gasteiger partial charge in [-0.3, -0.25) is 0 Å². The summed E-state index contributed by atoms with van der Waals surface area (Å²) in [5, 5.41) is 3.09. The third-order valence-electron chi connectivity index (χ3n) is 3.98. The Morgan fingerprint density at radius 1 is 1.11 bits per heavy atom. The van der Waals surface area contributed by atoms with Gasteiger partial charge in [-0.15, -0.1) is 11.3 Å². The molecule has 0 amide bonds. The van der Waals surface area contributed by atoms with Crippen molar-refractivity contribution < 1.29 is 4.57 Å². The van der Waals surface area contributed by atoms with Gasteiger partial charge in [0.05, 0.1) is 5.66 Å². The summed E-state index contributed by atoms with van der Waals surface area (Å²) in [5.41, 5.74) is 2.69. The fraction of sp³-hybridized carbons (Fsp3) is 0.250. The van der Waals surface area contributed by atoms with Gasteiger partial charge < -0.3 is 4.57 Å². The molecule has 98 valence electrons. The van der Waals surface area contributed by atoms with Gasteiger partial charge in [-0.05, 0) is 25.3 Å². The zero-order valence-corrected chi connectivity index (χ0v) is 12.9. The molecule has 1 aliphatic rings. The van der Waals surface area contributed by atoms with Crippen LogP contribution in [0.5, 0.6) is 0 Å². The normalized spacial score (nSPS) is 26.9. The Morgan fingerprint density at radius 2 is 1.84 bits per heavy atom. The largest absolute Gasteiger partial charge is 0.317 e. The first-order chi connectivity index (χ1) is 9.13. The molecule has 1 nitrogen and oxygen atoms in total. The lowest BCUT2D eigenvalue weighted by Crippen LogP contribution is -2.10. The molecule has 0 radical (unpaired) electrons. The van der Waals surface area contributed by atoms with Crippen molar-refractivity contribution in [2.45, 2.75) is 19.5 Å². The van der Waals surface area contributed by atoms with Crippen LogP contribution in [0.1, 0.15) is 24.4 Å². The molecule has 1 aromatic carbocycles. The maximum atomic E-state index is 13.6. The van der Waals surface area contributed by atoms with Crippen LogP contribution in [0, 0.1) is 0 Å². The molecule has 3 heteroatoms.